The molecule has 1 aromatic rings. The van der Waals surface area contributed by atoms with Crippen LogP contribution in [0, 0.1) is 12.3 Å². The number of nitrogens with zero attached hydrogens (tertiary/aromatic N) is 1. The van der Waals surface area contributed by atoms with Crippen molar-refractivity contribution in [1.29, 1.82) is 0 Å². The van der Waals surface area contributed by atoms with Gasteiger partial charge in [0.05, 0.1) is 27.9 Å². The molecule has 0 atom stereocenters. The Labute approximate surface area is 125 Å². The van der Waals surface area contributed by atoms with E-state index in [1.54, 1.807) is 17.0 Å². The summed E-state index contributed by atoms with van der Waals surface area (Å²) >= 11 is 0. The molecule has 1 amide bonds. The van der Waals surface area contributed by atoms with Crippen LogP contribution in [0.2, 0.25) is 0 Å². The molecule has 0 bridgehead atoms. The van der Waals surface area contributed by atoms with E-state index in [2.05, 4.69) is 5.92 Å². The highest BCUT2D eigenvalue weighted by Crippen LogP contribution is 2.38. The normalized spacial score (nSPS) is 9.67. The van der Waals surface area contributed by atoms with E-state index in [-0.39, 0.29) is 12.5 Å². The van der Waals surface area contributed by atoms with Crippen LogP contribution < -0.4 is 14.2 Å². The third-order valence-electron chi connectivity index (χ3n) is 2.97. The summed E-state index contributed by atoms with van der Waals surface area (Å²) in [4.78, 5) is 14.2. The van der Waals surface area contributed by atoms with E-state index in [4.69, 9.17) is 20.6 Å². The molecular weight excluding hydrogens is 270 g/mol. The highest BCUT2D eigenvalue weighted by atomic mass is 16.5. The summed E-state index contributed by atoms with van der Waals surface area (Å²) in [6, 6.07) is 3.26. The number of hydrogen-bond acceptors (Lipinski definition) is 4. The largest absolute Gasteiger partial charge is 0.493 e. The minimum Gasteiger partial charge on any atom is -0.493 e. The molecule has 5 nitrogen and oxygen atoms in total. The highest BCUT2D eigenvalue weighted by Gasteiger charge is 2.20. The number of rotatable bonds is 7. The van der Waals surface area contributed by atoms with Gasteiger partial charge in [0.25, 0.3) is 5.91 Å². The second-order valence-electron chi connectivity index (χ2n) is 4.34. The molecule has 0 aliphatic rings. The molecule has 0 unspecified atom stereocenters. The van der Waals surface area contributed by atoms with Gasteiger partial charge in [-0.1, -0.05) is 12.8 Å². The van der Waals surface area contributed by atoms with Gasteiger partial charge in [0.1, 0.15) is 0 Å². The Morgan fingerprint density at radius 1 is 1.19 bits per heavy atom. The maximum atomic E-state index is 12.5. The quantitative estimate of drug-likeness (QED) is 0.723. The van der Waals surface area contributed by atoms with Crippen molar-refractivity contribution >= 4 is 5.91 Å². The van der Waals surface area contributed by atoms with Crippen molar-refractivity contribution in [3.63, 3.8) is 0 Å². The SMILES string of the molecule is C#CCN(CCC)C(=O)c1cc(OC)c(OC)c(OC)c1. The fourth-order valence-electron chi connectivity index (χ4n) is 2.02. The number of hydrogen-bond donors (Lipinski definition) is 0. The van der Waals surface area contributed by atoms with Gasteiger partial charge < -0.3 is 19.1 Å². The number of carbonyl (C=O) groups excluding carboxylic acids is 1. The Bertz CT molecular complexity index is 509. The minimum absolute atomic E-state index is 0.158. The van der Waals surface area contributed by atoms with Gasteiger partial charge in [-0.3, -0.25) is 4.79 Å². The third kappa shape index (κ3) is 3.82. The molecular formula is C16H21NO4. The van der Waals surface area contributed by atoms with Crippen molar-refractivity contribution in [1.82, 2.24) is 4.90 Å². The summed E-state index contributed by atoms with van der Waals surface area (Å²) in [7, 11) is 4.54. The van der Waals surface area contributed by atoms with Gasteiger partial charge in [0.2, 0.25) is 5.75 Å². The maximum absolute atomic E-state index is 12.5. The van der Waals surface area contributed by atoms with Crippen LogP contribution >= 0.6 is 0 Å². The number of carbonyl (C=O) groups is 1. The van der Waals surface area contributed by atoms with Gasteiger partial charge in [-0.05, 0) is 18.6 Å². The standard InChI is InChI=1S/C16H21NO4/c1-6-8-17(9-7-2)16(18)12-10-13(19-3)15(21-5)14(11-12)20-4/h1,10-11H,7-9H2,2-5H3. The van der Waals surface area contributed by atoms with E-state index < -0.39 is 0 Å². The molecule has 0 aliphatic carbocycles. The molecule has 0 saturated carbocycles. The van der Waals surface area contributed by atoms with Gasteiger partial charge in [-0.2, -0.15) is 0 Å². The van der Waals surface area contributed by atoms with E-state index >= 15 is 0 Å². The Morgan fingerprint density at radius 3 is 2.14 bits per heavy atom. The summed E-state index contributed by atoms with van der Waals surface area (Å²) in [6.07, 6.45) is 6.15. The lowest BCUT2D eigenvalue weighted by Crippen LogP contribution is -2.32. The highest BCUT2D eigenvalue weighted by molar-refractivity contribution is 5.95. The molecule has 0 radical (unpaired) electrons. The molecule has 0 aliphatic heterocycles. The number of methoxy groups -OCH3 is 3. The summed E-state index contributed by atoms with van der Waals surface area (Å²) < 4.78 is 15.7. The van der Waals surface area contributed by atoms with Crippen LogP contribution in [0.25, 0.3) is 0 Å². The molecule has 114 valence electrons. The van der Waals surface area contributed by atoms with Crippen LogP contribution in [-0.2, 0) is 0 Å². The van der Waals surface area contributed by atoms with Gasteiger partial charge in [0.15, 0.2) is 11.5 Å². The molecule has 1 rings (SSSR count). The van der Waals surface area contributed by atoms with Crippen LogP contribution in [0.4, 0.5) is 0 Å². The van der Waals surface area contributed by atoms with E-state index in [0.717, 1.165) is 6.42 Å². The Balaban J connectivity index is 3.23. The van der Waals surface area contributed by atoms with Crippen LogP contribution in [0.3, 0.4) is 0 Å². The van der Waals surface area contributed by atoms with Crippen molar-refractivity contribution in [2.75, 3.05) is 34.4 Å². The first-order chi connectivity index (χ1) is 10.1. The molecule has 1 aromatic carbocycles. The van der Waals surface area contributed by atoms with Crippen molar-refractivity contribution in [3.8, 4) is 29.6 Å². The van der Waals surface area contributed by atoms with Crippen LogP contribution in [0.5, 0.6) is 17.2 Å². The van der Waals surface area contributed by atoms with E-state index in [9.17, 15) is 4.79 Å². The molecule has 21 heavy (non-hydrogen) atoms. The Hall–Kier alpha value is -2.35. The first kappa shape index (κ1) is 16.7. The van der Waals surface area contributed by atoms with Gasteiger partial charge in [0, 0.05) is 12.1 Å². The lowest BCUT2D eigenvalue weighted by molar-refractivity contribution is 0.0776. The molecule has 0 aromatic heterocycles. The zero-order valence-electron chi connectivity index (χ0n) is 12.9. The molecule has 0 spiro atoms. The first-order valence-corrected chi connectivity index (χ1v) is 6.65. The predicted molar refractivity (Wildman–Crippen MR) is 81.1 cm³/mol. The van der Waals surface area contributed by atoms with E-state index in [1.165, 1.54) is 21.3 Å². The molecule has 0 saturated heterocycles. The van der Waals surface area contributed by atoms with Gasteiger partial charge in [-0.15, -0.1) is 6.42 Å². The van der Waals surface area contributed by atoms with E-state index in [0.29, 0.717) is 29.4 Å². The zero-order valence-corrected chi connectivity index (χ0v) is 12.9. The molecule has 0 N–H and O–H groups in total. The second-order valence-corrected chi connectivity index (χ2v) is 4.34. The number of terminal acetylenes is 1. The Morgan fingerprint density at radius 2 is 1.76 bits per heavy atom. The summed E-state index contributed by atoms with van der Waals surface area (Å²) in [6.45, 7) is 2.86. The van der Waals surface area contributed by atoms with Gasteiger partial charge >= 0.3 is 0 Å². The number of amides is 1. The Kier molecular flexibility index (Phi) is 6.41. The van der Waals surface area contributed by atoms with Crippen LogP contribution in [-0.4, -0.2) is 45.2 Å². The smallest absolute Gasteiger partial charge is 0.254 e. The minimum atomic E-state index is -0.158. The third-order valence-corrected chi connectivity index (χ3v) is 2.97. The van der Waals surface area contributed by atoms with Crippen LogP contribution in [0.15, 0.2) is 12.1 Å². The average molecular weight is 291 g/mol. The predicted octanol–water partition coefficient (Wildman–Crippen LogP) is 2.20. The lowest BCUT2D eigenvalue weighted by atomic mass is 10.1. The maximum Gasteiger partial charge on any atom is 0.254 e. The van der Waals surface area contributed by atoms with E-state index in [1.807, 2.05) is 6.92 Å². The van der Waals surface area contributed by atoms with Crippen LogP contribution in [0.1, 0.15) is 23.7 Å². The summed E-state index contributed by atoms with van der Waals surface area (Å²) in [5.74, 6) is 3.68. The average Bonchev–Trinajstić information content (AvgIpc) is 2.52. The fourth-order valence-corrected chi connectivity index (χ4v) is 2.02. The van der Waals surface area contributed by atoms with Crippen molar-refractivity contribution < 1.29 is 19.0 Å². The molecule has 0 fully saturated rings. The first-order valence-electron chi connectivity index (χ1n) is 6.65. The number of ether oxygens (including phenoxy) is 3. The molecule has 0 heterocycles. The fraction of sp³-hybridized carbons (Fsp3) is 0.438. The number of benzene rings is 1. The summed E-state index contributed by atoms with van der Waals surface area (Å²) in [5.41, 5.74) is 0.452. The topological polar surface area (TPSA) is 48.0 Å². The van der Waals surface area contributed by atoms with Crippen molar-refractivity contribution in [3.05, 3.63) is 17.7 Å². The van der Waals surface area contributed by atoms with Gasteiger partial charge in [-0.25, -0.2) is 0 Å². The summed E-state index contributed by atoms with van der Waals surface area (Å²) in [5, 5.41) is 0. The second kappa shape index (κ2) is 8.05. The molecule has 5 heteroatoms. The lowest BCUT2D eigenvalue weighted by Gasteiger charge is -2.21. The zero-order chi connectivity index (χ0) is 15.8. The van der Waals surface area contributed by atoms with Crippen molar-refractivity contribution in [2.24, 2.45) is 0 Å². The monoisotopic (exact) mass is 291 g/mol. The van der Waals surface area contributed by atoms with Crippen molar-refractivity contribution in [2.45, 2.75) is 13.3 Å².